The van der Waals surface area contributed by atoms with E-state index in [0.717, 1.165) is 37.8 Å². The van der Waals surface area contributed by atoms with Crippen LogP contribution >= 0.6 is 0 Å². The molecule has 6 heteroatoms. The van der Waals surface area contributed by atoms with Crippen molar-refractivity contribution in [2.75, 3.05) is 13.2 Å². The molecule has 1 aromatic rings. The summed E-state index contributed by atoms with van der Waals surface area (Å²) >= 11 is 0. The van der Waals surface area contributed by atoms with E-state index in [-0.39, 0.29) is 18.2 Å². The lowest BCUT2D eigenvalue weighted by atomic mass is 9.77. The molecule has 3 aliphatic carbocycles. The summed E-state index contributed by atoms with van der Waals surface area (Å²) in [4.78, 5) is 21.3. The smallest absolute Gasteiger partial charge is 0.272 e. The third-order valence-electron chi connectivity index (χ3n) is 5.11. The van der Waals surface area contributed by atoms with E-state index in [1.54, 1.807) is 0 Å². The number of hydrogen-bond acceptors (Lipinski definition) is 5. The molecule has 6 nitrogen and oxygen atoms in total. The van der Waals surface area contributed by atoms with Gasteiger partial charge < -0.3 is 15.2 Å². The SMILES string of the molecule is O=C(NC1(CO)CCC1)c1cnc(C2CC2)c(OCC2CC2)n1. The predicted molar refractivity (Wildman–Crippen MR) is 83.4 cm³/mol. The molecule has 3 fully saturated rings. The molecule has 124 valence electrons. The van der Waals surface area contributed by atoms with Crippen molar-refractivity contribution in [3.63, 3.8) is 0 Å². The van der Waals surface area contributed by atoms with Gasteiger partial charge in [-0.25, -0.2) is 4.98 Å². The van der Waals surface area contributed by atoms with Crippen LogP contribution in [0.5, 0.6) is 5.88 Å². The Morgan fingerprint density at radius 2 is 2.13 bits per heavy atom. The van der Waals surface area contributed by atoms with E-state index in [1.165, 1.54) is 19.0 Å². The molecule has 0 radical (unpaired) electrons. The number of nitrogens with zero attached hydrogens (tertiary/aromatic N) is 2. The standard InChI is InChI=1S/C17H23N3O3/c21-10-17(6-1-7-17)20-15(22)13-8-18-14(12-4-5-12)16(19-13)23-9-11-2-3-11/h8,11-12,21H,1-7,9-10H2,(H,20,22). The summed E-state index contributed by atoms with van der Waals surface area (Å²) < 4.78 is 5.85. The van der Waals surface area contributed by atoms with E-state index in [4.69, 9.17) is 4.74 Å². The van der Waals surface area contributed by atoms with Crippen LogP contribution in [-0.2, 0) is 0 Å². The largest absolute Gasteiger partial charge is 0.476 e. The zero-order valence-corrected chi connectivity index (χ0v) is 13.3. The zero-order chi connectivity index (χ0) is 15.9. The first-order valence-electron chi connectivity index (χ1n) is 8.62. The van der Waals surface area contributed by atoms with Crippen LogP contribution in [0.4, 0.5) is 0 Å². The van der Waals surface area contributed by atoms with Gasteiger partial charge in [0.1, 0.15) is 11.4 Å². The second-order valence-electron chi connectivity index (χ2n) is 7.22. The Bertz CT molecular complexity index is 602. The number of aromatic nitrogens is 2. The summed E-state index contributed by atoms with van der Waals surface area (Å²) in [5.41, 5.74) is 0.700. The average molecular weight is 317 g/mol. The van der Waals surface area contributed by atoms with Crippen molar-refractivity contribution in [2.45, 2.75) is 56.4 Å². The minimum atomic E-state index is -0.469. The molecular weight excluding hydrogens is 294 g/mol. The van der Waals surface area contributed by atoms with Gasteiger partial charge in [-0.1, -0.05) is 0 Å². The summed E-state index contributed by atoms with van der Waals surface area (Å²) in [6, 6.07) is 0. The zero-order valence-electron chi connectivity index (χ0n) is 13.3. The molecule has 3 saturated carbocycles. The van der Waals surface area contributed by atoms with Crippen molar-refractivity contribution in [1.82, 2.24) is 15.3 Å². The molecule has 1 amide bonds. The molecule has 2 N–H and O–H groups in total. The molecule has 0 atom stereocenters. The Morgan fingerprint density at radius 1 is 1.35 bits per heavy atom. The highest BCUT2D eigenvalue weighted by atomic mass is 16.5. The van der Waals surface area contributed by atoms with E-state index < -0.39 is 5.54 Å². The van der Waals surface area contributed by atoms with E-state index in [9.17, 15) is 9.90 Å². The number of ether oxygens (including phenoxy) is 1. The van der Waals surface area contributed by atoms with E-state index in [1.807, 2.05) is 0 Å². The molecule has 0 aromatic carbocycles. The molecule has 1 heterocycles. The number of amides is 1. The van der Waals surface area contributed by atoms with Crippen molar-refractivity contribution in [3.8, 4) is 5.88 Å². The lowest BCUT2D eigenvalue weighted by Gasteiger charge is -2.40. The molecule has 0 saturated heterocycles. The summed E-state index contributed by atoms with van der Waals surface area (Å²) in [5, 5.41) is 12.4. The van der Waals surface area contributed by atoms with Crippen LogP contribution in [0.25, 0.3) is 0 Å². The van der Waals surface area contributed by atoms with Crippen molar-refractivity contribution < 1.29 is 14.6 Å². The molecular formula is C17H23N3O3. The maximum Gasteiger partial charge on any atom is 0.272 e. The first-order chi connectivity index (χ1) is 11.2. The summed E-state index contributed by atoms with van der Waals surface area (Å²) in [6.45, 7) is 0.636. The Balaban J connectivity index is 1.50. The minimum Gasteiger partial charge on any atom is -0.476 e. The van der Waals surface area contributed by atoms with E-state index >= 15 is 0 Å². The van der Waals surface area contributed by atoms with Gasteiger partial charge in [-0.3, -0.25) is 9.78 Å². The summed E-state index contributed by atoms with van der Waals surface area (Å²) in [7, 11) is 0. The van der Waals surface area contributed by atoms with Crippen LogP contribution in [0, 0.1) is 5.92 Å². The number of aliphatic hydroxyl groups excluding tert-OH is 1. The first-order valence-corrected chi connectivity index (χ1v) is 8.62. The number of carbonyl (C=O) groups is 1. The van der Waals surface area contributed by atoms with Gasteiger partial charge in [-0.05, 0) is 50.9 Å². The molecule has 23 heavy (non-hydrogen) atoms. The highest BCUT2D eigenvalue weighted by Gasteiger charge is 2.38. The molecule has 0 aliphatic heterocycles. The van der Waals surface area contributed by atoms with Crippen LogP contribution < -0.4 is 10.1 Å². The fraction of sp³-hybridized carbons (Fsp3) is 0.706. The van der Waals surface area contributed by atoms with Gasteiger partial charge in [-0.15, -0.1) is 0 Å². The predicted octanol–water partition coefficient (Wildman–Crippen LogP) is 1.79. The lowest BCUT2D eigenvalue weighted by Crippen LogP contribution is -2.56. The van der Waals surface area contributed by atoms with Gasteiger partial charge in [-0.2, -0.15) is 0 Å². The molecule has 1 aromatic heterocycles. The van der Waals surface area contributed by atoms with Gasteiger partial charge >= 0.3 is 0 Å². The average Bonchev–Trinajstić information content (AvgIpc) is 3.41. The first kappa shape index (κ1) is 14.9. The van der Waals surface area contributed by atoms with Crippen molar-refractivity contribution in [1.29, 1.82) is 0 Å². The number of carbonyl (C=O) groups excluding carboxylic acids is 1. The second kappa shape index (κ2) is 5.74. The van der Waals surface area contributed by atoms with Crippen LogP contribution in [0.3, 0.4) is 0 Å². The maximum atomic E-state index is 12.4. The number of nitrogens with one attached hydrogen (secondary N) is 1. The highest BCUT2D eigenvalue weighted by Crippen LogP contribution is 2.43. The molecule has 0 spiro atoms. The monoisotopic (exact) mass is 317 g/mol. The van der Waals surface area contributed by atoms with E-state index in [0.29, 0.717) is 24.3 Å². The molecule has 3 aliphatic rings. The van der Waals surface area contributed by atoms with Gasteiger partial charge in [0.2, 0.25) is 5.88 Å². The van der Waals surface area contributed by atoms with Crippen LogP contribution in [0.15, 0.2) is 6.20 Å². The second-order valence-corrected chi connectivity index (χ2v) is 7.22. The number of rotatable bonds is 7. The topological polar surface area (TPSA) is 84.3 Å². The fourth-order valence-corrected chi connectivity index (χ4v) is 2.95. The van der Waals surface area contributed by atoms with Gasteiger partial charge in [0.25, 0.3) is 5.91 Å². The number of aliphatic hydroxyl groups is 1. The Morgan fingerprint density at radius 3 is 2.70 bits per heavy atom. The Kier molecular flexibility index (Phi) is 3.71. The Labute approximate surface area is 135 Å². The third kappa shape index (κ3) is 3.17. The van der Waals surface area contributed by atoms with Crippen molar-refractivity contribution in [2.24, 2.45) is 5.92 Å². The van der Waals surface area contributed by atoms with Crippen LogP contribution in [-0.4, -0.2) is 39.7 Å². The van der Waals surface area contributed by atoms with Gasteiger partial charge in [0.15, 0.2) is 0 Å². The lowest BCUT2D eigenvalue weighted by molar-refractivity contribution is 0.0636. The van der Waals surface area contributed by atoms with Gasteiger partial charge in [0.05, 0.1) is 24.9 Å². The molecule has 0 unspecified atom stereocenters. The summed E-state index contributed by atoms with van der Waals surface area (Å²) in [5.74, 6) is 1.32. The molecule has 0 bridgehead atoms. The van der Waals surface area contributed by atoms with Crippen molar-refractivity contribution in [3.05, 3.63) is 17.6 Å². The fourth-order valence-electron chi connectivity index (χ4n) is 2.95. The minimum absolute atomic E-state index is 0.0304. The quantitative estimate of drug-likeness (QED) is 0.801. The van der Waals surface area contributed by atoms with Crippen LogP contribution in [0.1, 0.15) is 67.0 Å². The Hall–Kier alpha value is -1.69. The van der Waals surface area contributed by atoms with Crippen molar-refractivity contribution >= 4 is 5.91 Å². The highest BCUT2D eigenvalue weighted by molar-refractivity contribution is 5.92. The van der Waals surface area contributed by atoms with Crippen LogP contribution in [0.2, 0.25) is 0 Å². The summed E-state index contributed by atoms with van der Waals surface area (Å²) in [6.07, 6.45) is 8.86. The molecule has 4 rings (SSSR count). The van der Waals surface area contributed by atoms with E-state index in [2.05, 4.69) is 15.3 Å². The normalized spacial score (nSPS) is 22.3. The third-order valence-corrected chi connectivity index (χ3v) is 5.11. The number of hydrogen-bond donors (Lipinski definition) is 2. The van der Waals surface area contributed by atoms with Gasteiger partial charge in [0, 0.05) is 5.92 Å². The maximum absolute atomic E-state index is 12.4.